The molecule has 0 aliphatic carbocycles. The highest BCUT2D eigenvalue weighted by Gasteiger charge is 2.36. The molecule has 0 bridgehead atoms. The molecule has 0 saturated carbocycles. The zero-order valence-electron chi connectivity index (χ0n) is 17.4. The van der Waals surface area contributed by atoms with E-state index in [1.165, 1.54) is 12.1 Å². The molecule has 2 N–H and O–H groups in total. The van der Waals surface area contributed by atoms with Crippen LogP contribution in [0.3, 0.4) is 0 Å². The average molecular weight is 457 g/mol. The van der Waals surface area contributed by atoms with Crippen LogP contribution in [0, 0.1) is 0 Å². The van der Waals surface area contributed by atoms with Crippen LogP contribution in [0.15, 0.2) is 30.5 Å². The molecule has 0 amide bonds. The number of aliphatic hydroxyl groups excluding tert-OH is 1. The van der Waals surface area contributed by atoms with E-state index in [4.69, 9.17) is 9.47 Å². The molecular weight excluding hydrogens is 431 g/mol. The second-order valence-electron chi connectivity index (χ2n) is 7.86. The lowest BCUT2D eigenvalue weighted by atomic mass is 10.1. The molecule has 9 nitrogen and oxygen atoms in total. The van der Waals surface area contributed by atoms with Crippen molar-refractivity contribution < 1.29 is 32.5 Å². The minimum Gasteiger partial charge on any atom is -0.406 e. The Morgan fingerprint density at radius 3 is 2.66 bits per heavy atom. The quantitative estimate of drug-likeness (QED) is 0.605. The van der Waals surface area contributed by atoms with Crippen LogP contribution in [0.1, 0.15) is 11.3 Å². The van der Waals surface area contributed by atoms with Crippen molar-refractivity contribution in [2.45, 2.75) is 44.2 Å². The van der Waals surface area contributed by atoms with E-state index in [1.807, 2.05) is 6.20 Å². The molecule has 0 radical (unpaired) electrons. The van der Waals surface area contributed by atoms with Crippen molar-refractivity contribution in [2.24, 2.45) is 0 Å². The van der Waals surface area contributed by atoms with Crippen molar-refractivity contribution in [1.82, 2.24) is 25.2 Å². The van der Waals surface area contributed by atoms with Gasteiger partial charge >= 0.3 is 6.36 Å². The number of ether oxygens (including phenoxy) is 3. The summed E-state index contributed by atoms with van der Waals surface area (Å²) in [5.74, 6) is -0.276. The van der Waals surface area contributed by atoms with Crippen LogP contribution < -0.4 is 10.1 Å². The van der Waals surface area contributed by atoms with Gasteiger partial charge in [0.25, 0.3) is 0 Å². The highest BCUT2D eigenvalue weighted by Crippen LogP contribution is 2.23. The smallest absolute Gasteiger partial charge is 0.406 e. The molecule has 1 aromatic carbocycles. The van der Waals surface area contributed by atoms with Crippen molar-refractivity contribution in [3.05, 3.63) is 41.7 Å². The van der Waals surface area contributed by atoms with Crippen molar-refractivity contribution in [1.29, 1.82) is 0 Å². The first-order valence-corrected chi connectivity index (χ1v) is 10.4. The molecule has 2 fully saturated rings. The third-order valence-corrected chi connectivity index (χ3v) is 5.44. The van der Waals surface area contributed by atoms with Crippen molar-refractivity contribution in [2.75, 3.05) is 32.9 Å². The maximum Gasteiger partial charge on any atom is 0.573 e. The molecule has 2 aliphatic heterocycles. The molecule has 2 aromatic rings. The van der Waals surface area contributed by atoms with E-state index in [0.29, 0.717) is 32.8 Å². The number of morpholine rings is 1. The summed E-state index contributed by atoms with van der Waals surface area (Å²) in [7, 11) is 0. The molecule has 4 rings (SSSR count). The van der Waals surface area contributed by atoms with Crippen molar-refractivity contribution in [3.8, 4) is 5.75 Å². The van der Waals surface area contributed by atoms with Gasteiger partial charge in [0.15, 0.2) is 0 Å². The maximum absolute atomic E-state index is 12.3. The molecule has 3 heterocycles. The Bertz CT molecular complexity index is 858. The van der Waals surface area contributed by atoms with E-state index in [2.05, 4.69) is 25.3 Å². The zero-order chi connectivity index (χ0) is 22.6. The van der Waals surface area contributed by atoms with Gasteiger partial charge in [0.1, 0.15) is 5.75 Å². The van der Waals surface area contributed by atoms with E-state index in [9.17, 15) is 18.3 Å². The summed E-state index contributed by atoms with van der Waals surface area (Å²) in [6.07, 6.45) is -3.87. The first kappa shape index (κ1) is 22.9. The molecule has 3 atom stereocenters. The van der Waals surface area contributed by atoms with Gasteiger partial charge < -0.3 is 24.6 Å². The SMILES string of the molecule is O[C@H]1CO[C@H](Cn2cc(CN3CCOCC3)nn2)[C@@H]1NCc1ccc(OC(F)(F)F)cc1. The largest absolute Gasteiger partial charge is 0.573 e. The highest BCUT2D eigenvalue weighted by molar-refractivity contribution is 5.27. The normalized spacial score (nSPS) is 24.7. The second kappa shape index (κ2) is 10.1. The van der Waals surface area contributed by atoms with Crippen LogP contribution in [-0.2, 0) is 29.1 Å². The predicted octanol–water partition coefficient (Wildman–Crippen LogP) is 0.927. The minimum atomic E-state index is -4.72. The molecule has 32 heavy (non-hydrogen) atoms. The first-order chi connectivity index (χ1) is 15.4. The summed E-state index contributed by atoms with van der Waals surface area (Å²) in [6.45, 7) is 4.82. The van der Waals surface area contributed by atoms with E-state index in [0.717, 1.165) is 24.3 Å². The fraction of sp³-hybridized carbons (Fsp3) is 0.600. The highest BCUT2D eigenvalue weighted by atomic mass is 19.4. The minimum absolute atomic E-state index is 0.191. The number of nitrogens with zero attached hydrogens (tertiary/aromatic N) is 4. The number of benzene rings is 1. The monoisotopic (exact) mass is 457 g/mol. The predicted molar refractivity (Wildman–Crippen MR) is 106 cm³/mol. The lowest BCUT2D eigenvalue weighted by Gasteiger charge is -2.25. The number of aromatic nitrogens is 3. The molecule has 0 spiro atoms. The molecule has 0 unspecified atom stereocenters. The van der Waals surface area contributed by atoms with Crippen LogP contribution in [0.5, 0.6) is 5.75 Å². The van der Waals surface area contributed by atoms with Gasteiger partial charge in [0.2, 0.25) is 0 Å². The zero-order valence-corrected chi connectivity index (χ0v) is 17.4. The van der Waals surface area contributed by atoms with Crippen LogP contribution in [-0.4, -0.2) is 82.5 Å². The Labute approximate surface area is 183 Å². The van der Waals surface area contributed by atoms with Gasteiger partial charge in [-0.15, -0.1) is 18.3 Å². The van der Waals surface area contributed by atoms with Crippen molar-refractivity contribution in [3.63, 3.8) is 0 Å². The van der Waals surface area contributed by atoms with Gasteiger partial charge in [-0.2, -0.15) is 0 Å². The molecule has 1 aromatic heterocycles. The number of aliphatic hydroxyl groups is 1. The Morgan fingerprint density at radius 1 is 1.19 bits per heavy atom. The lowest BCUT2D eigenvalue weighted by molar-refractivity contribution is -0.274. The second-order valence-corrected chi connectivity index (χ2v) is 7.86. The van der Waals surface area contributed by atoms with Gasteiger partial charge in [-0.25, -0.2) is 4.68 Å². The topological polar surface area (TPSA) is 93.9 Å². The van der Waals surface area contributed by atoms with Gasteiger partial charge in [0.05, 0.1) is 50.3 Å². The third kappa shape index (κ3) is 6.39. The maximum atomic E-state index is 12.3. The van der Waals surface area contributed by atoms with E-state index < -0.39 is 12.5 Å². The number of nitrogens with one attached hydrogen (secondary N) is 1. The number of halogens is 3. The fourth-order valence-corrected chi connectivity index (χ4v) is 3.83. The van der Waals surface area contributed by atoms with E-state index in [-0.39, 0.29) is 24.5 Å². The van der Waals surface area contributed by atoms with Gasteiger partial charge in [0, 0.05) is 32.4 Å². The Kier molecular flexibility index (Phi) is 7.26. The van der Waals surface area contributed by atoms with E-state index in [1.54, 1.807) is 16.8 Å². The summed E-state index contributed by atoms with van der Waals surface area (Å²) in [6, 6.07) is 5.25. The molecule has 176 valence electrons. The average Bonchev–Trinajstić information content (AvgIpc) is 3.33. The Balaban J connectivity index is 1.29. The van der Waals surface area contributed by atoms with Gasteiger partial charge in [-0.1, -0.05) is 17.3 Å². The standard InChI is InChI=1S/C20H26F3N5O4/c21-20(22,23)32-16-3-1-14(2-4-16)9-24-19-17(29)13-31-18(19)12-28-11-15(25-26-28)10-27-5-7-30-8-6-27/h1-4,11,17-19,24,29H,5-10,12-13H2/t17-,18+,19+/m0/s1. The number of alkyl halides is 3. The van der Waals surface area contributed by atoms with Crippen LogP contribution in [0.25, 0.3) is 0 Å². The number of rotatable bonds is 8. The third-order valence-electron chi connectivity index (χ3n) is 5.44. The summed E-state index contributed by atoms with van der Waals surface area (Å²) in [5.41, 5.74) is 1.61. The van der Waals surface area contributed by atoms with Gasteiger partial charge in [-0.3, -0.25) is 4.90 Å². The number of hydrogen-bond donors (Lipinski definition) is 2. The molecule has 2 aliphatic rings. The summed E-state index contributed by atoms with van der Waals surface area (Å²) >= 11 is 0. The molecule has 12 heteroatoms. The summed E-state index contributed by atoms with van der Waals surface area (Å²) in [5, 5.41) is 21.9. The number of hydrogen-bond acceptors (Lipinski definition) is 8. The first-order valence-electron chi connectivity index (χ1n) is 10.4. The van der Waals surface area contributed by atoms with Gasteiger partial charge in [-0.05, 0) is 17.7 Å². The fourth-order valence-electron chi connectivity index (χ4n) is 3.83. The molecular formula is C20H26F3N5O4. The van der Waals surface area contributed by atoms with Crippen LogP contribution in [0.4, 0.5) is 13.2 Å². The molecule has 2 saturated heterocycles. The summed E-state index contributed by atoms with van der Waals surface area (Å²) in [4.78, 5) is 2.25. The summed E-state index contributed by atoms with van der Waals surface area (Å²) < 4.78 is 53.5. The van der Waals surface area contributed by atoms with Crippen LogP contribution in [0.2, 0.25) is 0 Å². The van der Waals surface area contributed by atoms with E-state index >= 15 is 0 Å². The Morgan fingerprint density at radius 2 is 1.94 bits per heavy atom. The Hall–Kier alpha value is -2.25. The van der Waals surface area contributed by atoms with Crippen molar-refractivity contribution >= 4 is 0 Å². The lowest BCUT2D eigenvalue weighted by Crippen LogP contribution is -2.45. The van der Waals surface area contributed by atoms with Crippen LogP contribution >= 0.6 is 0 Å².